The third-order valence-electron chi connectivity index (χ3n) is 5.69. The van der Waals surface area contributed by atoms with Gasteiger partial charge in [0.1, 0.15) is 5.75 Å². The van der Waals surface area contributed by atoms with Gasteiger partial charge in [-0.3, -0.25) is 9.10 Å². The highest BCUT2D eigenvalue weighted by Gasteiger charge is 2.30. The van der Waals surface area contributed by atoms with Crippen molar-refractivity contribution in [1.82, 2.24) is 0 Å². The first-order chi connectivity index (χ1) is 17.6. The molecular formula is C25H21ClF2N2O6S. The number of carbonyl (C=O) groups is 2. The third kappa shape index (κ3) is 5.67. The standard InChI is InChI=1S/C25H21ClF2N2O6S/c1-35-24(32)20-11-6-17(14-21(20)26)29-23(31)16-5-4-15-3-2-12-30(22(15)13-16)37(33,34)19-9-7-18(8-10-19)36-25(27)28/h4-11,13-14,25H,2-3,12H2,1H3,(H,29,31). The fraction of sp³-hybridized carbons (Fsp3) is 0.200. The van der Waals surface area contributed by atoms with Gasteiger partial charge in [0.25, 0.3) is 15.9 Å². The van der Waals surface area contributed by atoms with E-state index in [2.05, 4.69) is 14.8 Å². The molecule has 0 atom stereocenters. The van der Waals surface area contributed by atoms with Crippen LogP contribution in [0, 0.1) is 0 Å². The Bertz CT molecular complexity index is 1450. The van der Waals surface area contributed by atoms with E-state index in [1.54, 1.807) is 12.1 Å². The van der Waals surface area contributed by atoms with Crippen LogP contribution >= 0.6 is 11.6 Å². The topological polar surface area (TPSA) is 102 Å². The second-order valence-corrected chi connectivity index (χ2v) is 10.3. The van der Waals surface area contributed by atoms with E-state index >= 15 is 0 Å². The van der Waals surface area contributed by atoms with Crippen LogP contribution in [0.5, 0.6) is 5.75 Å². The number of methoxy groups -OCH3 is 1. The van der Waals surface area contributed by atoms with Gasteiger partial charge in [0, 0.05) is 17.8 Å². The Balaban J connectivity index is 1.59. The van der Waals surface area contributed by atoms with Gasteiger partial charge in [-0.1, -0.05) is 17.7 Å². The van der Waals surface area contributed by atoms with Gasteiger partial charge in [0.05, 0.1) is 28.3 Å². The molecule has 0 spiro atoms. The number of nitrogens with one attached hydrogen (secondary N) is 1. The number of rotatable bonds is 7. The minimum atomic E-state index is -4.05. The molecule has 1 aliphatic rings. The van der Waals surface area contributed by atoms with Crippen LogP contribution in [-0.2, 0) is 21.2 Å². The predicted molar refractivity (Wildman–Crippen MR) is 133 cm³/mol. The molecule has 0 unspecified atom stereocenters. The number of aryl methyl sites for hydroxylation is 1. The zero-order chi connectivity index (χ0) is 26.7. The molecule has 0 fully saturated rings. The summed E-state index contributed by atoms with van der Waals surface area (Å²) in [4.78, 5) is 24.6. The van der Waals surface area contributed by atoms with E-state index in [9.17, 15) is 26.8 Å². The average molecular weight is 551 g/mol. The van der Waals surface area contributed by atoms with Crippen molar-refractivity contribution >= 4 is 44.9 Å². The first-order valence-electron chi connectivity index (χ1n) is 11.0. The number of hydrogen-bond donors (Lipinski definition) is 1. The molecule has 3 aromatic carbocycles. The van der Waals surface area contributed by atoms with E-state index in [1.165, 1.54) is 47.8 Å². The maximum absolute atomic E-state index is 13.4. The molecule has 1 N–H and O–H groups in total. The number of halogens is 3. The Labute approximate surface area is 216 Å². The van der Waals surface area contributed by atoms with E-state index in [0.29, 0.717) is 24.2 Å². The predicted octanol–water partition coefficient (Wildman–Crippen LogP) is 5.12. The summed E-state index contributed by atoms with van der Waals surface area (Å²) in [5.41, 5.74) is 1.77. The maximum Gasteiger partial charge on any atom is 0.387 e. The largest absolute Gasteiger partial charge is 0.465 e. The Morgan fingerprint density at radius 2 is 1.78 bits per heavy atom. The highest BCUT2D eigenvalue weighted by atomic mass is 35.5. The molecule has 1 amide bonds. The molecule has 4 rings (SSSR count). The number of carbonyl (C=O) groups excluding carboxylic acids is 2. The van der Waals surface area contributed by atoms with Gasteiger partial charge in [-0.2, -0.15) is 8.78 Å². The summed E-state index contributed by atoms with van der Waals surface area (Å²) < 4.78 is 61.8. The molecule has 0 radical (unpaired) electrons. The normalized spacial score (nSPS) is 13.2. The smallest absolute Gasteiger partial charge is 0.387 e. The highest BCUT2D eigenvalue weighted by Crippen LogP contribution is 2.34. The van der Waals surface area contributed by atoms with Crippen molar-refractivity contribution in [2.24, 2.45) is 0 Å². The minimum absolute atomic E-state index is 0.0947. The monoisotopic (exact) mass is 550 g/mol. The van der Waals surface area contributed by atoms with E-state index in [4.69, 9.17) is 11.6 Å². The van der Waals surface area contributed by atoms with Crippen molar-refractivity contribution in [2.75, 3.05) is 23.3 Å². The van der Waals surface area contributed by atoms with Gasteiger partial charge < -0.3 is 14.8 Å². The minimum Gasteiger partial charge on any atom is -0.465 e. The Hall–Kier alpha value is -3.70. The average Bonchev–Trinajstić information content (AvgIpc) is 2.87. The number of sulfonamides is 1. The third-order valence-corrected chi connectivity index (χ3v) is 7.83. The van der Waals surface area contributed by atoms with Gasteiger partial charge >= 0.3 is 12.6 Å². The summed E-state index contributed by atoms with van der Waals surface area (Å²) >= 11 is 6.12. The first kappa shape index (κ1) is 26.4. The SMILES string of the molecule is COC(=O)c1ccc(NC(=O)c2ccc3c(c2)N(S(=O)(=O)c2ccc(OC(F)F)cc2)CCC3)cc1Cl. The molecule has 0 aliphatic carbocycles. The number of fused-ring (bicyclic) bond motifs is 1. The molecule has 8 nitrogen and oxygen atoms in total. The molecule has 12 heteroatoms. The van der Waals surface area contributed by atoms with Gasteiger partial charge in [0.2, 0.25) is 0 Å². The summed E-state index contributed by atoms with van der Waals surface area (Å²) in [5.74, 6) is -1.29. The van der Waals surface area contributed by atoms with Crippen LogP contribution in [0.4, 0.5) is 20.2 Å². The molecule has 194 valence electrons. The molecular weight excluding hydrogens is 530 g/mol. The van der Waals surface area contributed by atoms with Crippen LogP contribution in [0.3, 0.4) is 0 Å². The van der Waals surface area contributed by atoms with E-state index in [0.717, 1.165) is 17.7 Å². The summed E-state index contributed by atoms with van der Waals surface area (Å²) in [5, 5.41) is 2.77. The number of benzene rings is 3. The second-order valence-electron chi connectivity index (χ2n) is 8.01. The summed E-state index contributed by atoms with van der Waals surface area (Å²) in [6.07, 6.45) is 1.18. The lowest BCUT2D eigenvalue weighted by Crippen LogP contribution is -2.35. The second kappa shape index (κ2) is 10.7. The zero-order valence-corrected chi connectivity index (χ0v) is 21.0. The Morgan fingerprint density at radius 1 is 1.05 bits per heavy atom. The van der Waals surface area contributed by atoms with Crippen LogP contribution in [0.15, 0.2) is 65.6 Å². The number of amides is 1. The fourth-order valence-corrected chi connectivity index (χ4v) is 5.71. The Morgan fingerprint density at radius 3 is 2.43 bits per heavy atom. The highest BCUT2D eigenvalue weighted by molar-refractivity contribution is 7.92. The van der Waals surface area contributed by atoms with Gasteiger partial charge in [-0.25, -0.2) is 13.2 Å². The van der Waals surface area contributed by atoms with Crippen molar-refractivity contribution in [3.8, 4) is 5.75 Å². The molecule has 0 saturated heterocycles. The van der Waals surface area contributed by atoms with Crippen LogP contribution in [0.2, 0.25) is 5.02 Å². The van der Waals surface area contributed by atoms with Crippen LogP contribution < -0.4 is 14.4 Å². The van der Waals surface area contributed by atoms with Crippen molar-refractivity contribution < 1.29 is 36.3 Å². The summed E-state index contributed by atoms with van der Waals surface area (Å²) in [7, 11) is -2.82. The molecule has 3 aromatic rings. The first-order valence-corrected chi connectivity index (χ1v) is 12.8. The number of ether oxygens (including phenoxy) is 2. The lowest BCUT2D eigenvalue weighted by atomic mass is 10.0. The molecule has 37 heavy (non-hydrogen) atoms. The van der Waals surface area contributed by atoms with Gasteiger partial charge in [-0.15, -0.1) is 0 Å². The van der Waals surface area contributed by atoms with E-state index in [1.807, 2.05) is 0 Å². The fourth-order valence-electron chi connectivity index (χ4n) is 3.92. The van der Waals surface area contributed by atoms with Crippen molar-refractivity contribution in [1.29, 1.82) is 0 Å². The zero-order valence-electron chi connectivity index (χ0n) is 19.4. The van der Waals surface area contributed by atoms with Gasteiger partial charge in [-0.05, 0) is 73.0 Å². The van der Waals surface area contributed by atoms with Crippen LogP contribution in [0.25, 0.3) is 0 Å². The number of alkyl halides is 2. The van der Waals surface area contributed by atoms with Crippen LogP contribution in [-0.4, -0.2) is 40.6 Å². The number of esters is 1. The van der Waals surface area contributed by atoms with Crippen molar-refractivity contribution in [2.45, 2.75) is 24.3 Å². The maximum atomic E-state index is 13.4. The van der Waals surface area contributed by atoms with Crippen LogP contribution in [0.1, 0.15) is 32.7 Å². The quantitative estimate of drug-likeness (QED) is 0.410. The molecule has 1 heterocycles. The number of hydrogen-bond acceptors (Lipinski definition) is 6. The number of anilines is 2. The lowest BCUT2D eigenvalue weighted by Gasteiger charge is -2.31. The Kier molecular flexibility index (Phi) is 7.65. The van der Waals surface area contributed by atoms with Crippen molar-refractivity contribution in [3.63, 3.8) is 0 Å². The summed E-state index contributed by atoms with van der Waals surface area (Å²) in [6, 6.07) is 13.8. The molecule has 0 aromatic heterocycles. The van der Waals surface area contributed by atoms with Gasteiger partial charge in [0.15, 0.2) is 0 Å². The molecule has 1 aliphatic heterocycles. The molecule has 0 saturated carbocycles. The number of nitrogens with zero attached hydrogens (tertiary/aromatic N) is 1. The lowest BCUT2D eigenvalue weighted by molar-refractivity contribution is -0.0498. The molecule has 0 bridgehead atoms. The summed E-state index contributed by atoms with van der Waals surface area (Å²) in [6.45, 7) is -2.84. The van der Waals surface area contributed by atoms with E-state index in [-0.39, 0.29) is 33.3 Å². The van der Waals surface area contributed by atoms with Crippen molar-refractivity contribution in [3.05, 3.63) is 82.4 Å². The van der Waals surface area contributed by atoms with E-state index < -0.39 is 28.5 Å².